The molecule has 0 aliphatic rings. The molecule has 1 aromatic rings. The standard InChI is InChI=1S/C4H4IN3O2/c5-3-2(9)1(6)4(10)8-7-3/h(H2,6,7)(H2,8,9,10). The minimum absolute atomic E-state index is 0.195. The Labute approximate surface area is 69.4 Å². The van der Waals surface area contributed by atoms with E-state index in [4.69, 9.17) is 10.8 Å². The number of aromatic hydroxyl groups is 1. The number of H-pyrrole nitrogens is 1. The maximum absolute atomic E-state index is 10.6. The van der Waals surface area contributed by atoms with E-state index in [9.17, 15) is 4.79 Å². The first-order chi connectivity index (χ1) is 4.63. The van der Waals surface area contributed by atoms with Gasteiger partial charge in [-0.2, -0.15) is 5.10 Å². The van der Waals surface area contributed by atoms with Gasteiger partial charge in [0.1, 0.15) is 5.69 Å². The van der Waals surface area contributed by atoms with Crippen LogP contribution in [0.2, 0.25) is 0 Å². The molecule has 10 heavy (non-hydrogen) atoms. The number of nitrogens with two attached hydrogens (primary N) is 1. The Hall–Kier alpha value is -0.790. The minimum atomic E-state index is -0.571. The lowest BCUT2D eigenvalue weighted by Crippen LogP contribution is -2.14. The lowest BCUT2D eigenvalue weighted by molar-refractivity contribution is 0.467. The van der Waals surface area contributed by atoms with Gasteiger partial charge >= 0.3 is 0 Å². The van der Waals surface area contributed by atoms with Crippen LogP contribution in [0.15, 0.2) is 4.79 Å². The fourth-order valence-corrected chi connectivity index (χ4v) is 0.843. The smallest absolute Gasteiger partial charge is 0.291 e. The third-order valence-corrected chi connectivity index (χ3v) is 1.70. The molecule has 5 nitrogen and oxygen atoms in total. The summed E-state index contributed by atoms with van der Waals surface area (Å²) in [6.07, 6.45) is 0. The Morgan fingerprint density at radius 2 is 2.30 bits per heavy atom. The summed E-state index contributed by atoms with van der Waals surface area (Å²) in [6, 6.07) is 0. The summed E-state index contributed by atoms with van der Waals surface area (Å²) in [4.78, 5) is 10.6. The first-order valence-electron chi connectivity index (χ1n) is 2.35. The highest BCUT2D eigenvalue weighted by Gasteiger charge is 2.05. The molecule has 0 aliphatic heterocycles. The van der Waals surface area contributed by atoms with Crippen LogP contribution in [0.4, 0.5) is 5.69 Å². The van der Waals surface area contributed by atoms with Gasteiger partial charge in [-0.3, -0.25) is 4.79 Å². The van der Waals surface area contributed by atoms with Gasteiger partial charge in [0, 0.05) is 0 Å². The SMILES string of the molecule is Nc1c(O)c(I)n[nH]c1=O. The van der Waals surface area contributed by atoms with E-state index in [1.807, 2.05) is 0 Å². The second-order valence-corrected chi connectivity index (χ2v) is 2.63. The van der Waals surface area contributed by atoms with Gasteiger partial charge in [-0.25, -0.2) is 5.10 Å². The van der Waals surface area contributed by atoms with Gasteiger partial charge < -0.3 is 10.8 Å². The van der Waals surface area contributed by atoms with Crippen molar-refractivity contribution in [2.75, 3.05) is 5.73 Å². The molecule has 0 saturated carbocycles. The monoisotopic (exact) mass is 253 g/mol. The van der Waals surface area contributed by atoms with Crippen LogP contribution in [0.1, 0.15) is 0 Å². The summed E-state index contributed by atoms with van der Waals surface area (Å²) in [7, 11) is 0. The fourth-order valence-electron chi connectivity index (χ4n) is 0.432. The first kappa shape index (κ1) is 7.32. The van der Waals surface area contributed by atoms with Crippen molar-refractivity contribution in [3.63, 3.8) is 0 Å². The van der Waals surface area contributed by atoms with Crippen LogP contribution in [0.25, 0.3) is 0 Å². The molecule has 0 atom stereocenters. The molecule has 4 N–H and O–H groups in total. The van der Waals surface area contributed by atoms with Crippen LogP contribution in [0.3, 0.4) is 0 Å². The number of rotatable bonds is 0. The maximum atomic E-state index is 10.6. The minimum Gasteiger partial charge on any atom is -0.503 e. The molecule has 0 aromatic carbocycles. The predicted octanol–water partition coefficient (Wildman–Crippen LogP) is -0.338. The number of aromatic amines is 1. The fraction of sp³-hybridized carbons (Fsp3) is 0. The van der Waals surface area contributed by atoms with Crippen molar-refractivity contribution in [2.24, 2.45) is 0 Å². The third-order valence-electron chi connectivity index (χ3n) is 0.951. The van der Waals surface area contributed by atoms with Crippen LogP contribution in [0, 0.1) is 3.70 Å². The van der Waals surface area contributed by atoms with Crippen LogP contribution in [-0.4, -0.2) is 15.3 Å². The molecule has 0 fully saturated rings. The zero-order chi connectivity index (χ0) is 7.72. The molecular weight excluding hydrogens is 249 g/mol. The van der Waals surface area contributed by atoms with Crippen LogP contribution < -0.4 is 11.3 Å². The quantitative estimate of drug-likeness (QED) is 0.551. The number of hydrogen-bond donors (Lipinski definition) is 3. The van der Waals surface area contributed by atoms with Gasteiger partial charge in [-0.15, -0.1) is 0 Å². The normalized spacial score (nSPS) is 9.70. The van der Waals surface area contributed by atoms with E-state index in [0.717, 1.165) is 0 Å². The van der Waals surface area contributed by atoms with Gasteiger partial charge in [0.25, 0.3) is 5.56 Å². The molecule has 1 heterocycles. The second kappa shape index (κ2) is 2.45. The van der Waals surface area contributed by atoms with E-state index in [2.05, 4.69) is 10.2 Å². The molecule has 1 aromatic heterocycles. The topological polar surface area (TPSA) is 92.0 Å². The van der Waals surface area contributed by atoms with Crippen molar-refractivity contribution in [2.45, 2.75) is 0 Å². The molecule has 0 radical (unpaired) electrons. The van der Waals surface area contributed by atoms with Crippen molar-refractivity contribution in [1.29, 1.82) is 0 Å². The Kier molecular flexibility index (Phi) is 1.79. The number of nitrogens with zero attached hydrogens (tertiary/aromatic N) is 1. The summed E-state index contributed by atoms with van der Waals surface area (Å²) in [6.45, 7) is 0. The number of nitrogens with one attached hydrogen (secondary N) is 1. The molecule has 0 aliphatic carbocycles. The molecule has 0 unspecified atom stereocenters. The molecule has 0 bridgehead atoms. The summed E-state index contributed by atoms with van der Waals surface area (Å²) in [5, 5.41) is 14.5. The van der Waals surface area contributed by atoms with Crippen molar-refractivity contribution in [1.82, 2.24) is 10.2 Å². The van der Waals surface area contributed by atoms with E-state index >= 15 is 0 Å². The Morgan fingerprint density at radius 3 is 2.80 bits per heavy atom. The number of halogens is 1. The van der Waals surface area contributed by atoms with E-state index in [0.29, 0.717) is 0 Å². The summed E-state index contributed by atoms with van der Waals surface area (Å²) in [5.41, 5.74) is 4.38. The average molecular weight is 253 g/mol. The van der Waals surface area contributed by atoms with Crippen molar-refractivity contribution in [3.05, 3.63) is 14.1 Å². The molecule has 0 spiro atoms. The summed E-state index contributed by atoms with van der Waals surface area (Å²) in [5.74, 6) is -0.260. The number of nitrogen functional groups attached to an aromatic ring is 1. The molecular formula is C4H4IN3O2. The molecule has 54 valence electrons. The van der Waals surface area contributed by atoms with Gasteiger partial charge in [0.2, 0.25) is 0 Å². The number of anilines is 1. The van der Waals surface area contributed by atoms with Crippen LogP contribution in [-0.2, 0) is 0 Å². The summed E-state index contributed by atoms with van der Waals surface area (Å²) >= 11 is 1.76. The van der Waals surface area contributed by atoms with Crippen molar-refractivity contribution in [3.8, 4) is 5.75 Å². The van der Waals surface area contributed by atoms with E-state index in [-0.39, 0.29) is 15.1 Å². The molecule has 1 rings (SSSR count). The van der Waals surface area contributed by atoms with Gasteiger partial charge in [-0.05, 0) is 22.6 Å². The third kappa shape index (κ3) is 1.06. The number of aromatic nitrogens is 2. The zero-order valence-electron chi connectivity index (χ0n) is 4.76. The van der Waals surface area contributed by atoms with Gasteiger partial charge in [-0.1, -0.05) is 0 Å². The highest BCUT2D eigenvalue weighted by atomic mass is 127. The highest BCUT2D eigenvalue weighted by Crippen LogP contribution is 2.18. The first-order valence-corrected chi connectivity index (χ1v) is 3.43. The maximum Gasteiger partial charge on any atom is 0.291 e. The lowest BCUT2D eigenvalue weighted by atomic mass is 10.4. The van der Waals surface area contributed by atoms with Crippen LogP contribution in [0.5, 0.6) is 5.75 Å². The Balaban J connectivity index is 3.49. The van der Waals surface area contributed by atoms with Crippen LogP contribution >= 0.6 is 22.6 Å². The van der Waals surface area contributed by atoms with Crippen molar-refractivity contribution < 1.29 is 5.11 Å². The van der Waals surface area contributed by atoms with Gasteiger partial charge in [0.05, 0.1) is 0 Å². The second-order valence-electron chi connectivity index (χ2n) is 1.61. The number of hydrogen-bond acceptors (Lipinski definition) is 4. The van der Waals surface area contributed by atoms with E-state index < -0.39 is 5.56 Å². The van der Waals surface area contributed by atoms with E-state index in [1.165, 1.54) is 0 Å². The Bertz CT molecular complexity index is 308. The van der Waals surface area contributed by atoms with E-state index in [1.54, 1.807) is 22.6 Å². The molecule has 0 saturated heterocycles. The largest absolute Gasteiger partial charge is 0.503 e. The Morgan fingerprint density at radius 1 is 1.70 bits per heavy atom. The van der Waals surface area contributed by atoms with Gasteiger partial charge in [0.15, 0.2) is 9.45 Å². The lowest BCUT2D eigenvalue weighted by Gasteiger charge is -1.96. The molecule has 6 heteroatoms. The average Bonchev–Trinajstić information content (AvgIpc) is 1.93. The highest BCUT2D eigenvalue weighted by molar-refractivity contribution is 14.1. The zero-order valence-corrected chi connectivity index (χ0v) is 6.92. The predicted molar refractivity (Wildman–Crippen MR) is 43.7 cm³/mol. The molecule has 0 amide bonds. The summed E-state index contributed by atoms with van der Waals surface area (Å²) < 4.78 is 0.287. The van der Waals surface area contributed by atoms with Crippen molar-refractivity contribution >= 4 is 28.3 Å².